The standard InChI is InChI=1S/C15H21N3O2/c1-3-17-7-8-18(15(20)14(17)19)13(10-16)12-6-4-5-11(2)9-12/h4-6,9,13H,3,7-8,10,16H2,1-2H3. The molecule has 108 valence electrons. The van der Waals surface area contributed by atoms with Crippen molar-refractivity contribution in [2.45, 2.75) is 19.9 Å². The summed E-state index contributed by atoms with van der Waals surface area (Å²) in [6.07, 6.45) is 0. The highest BCUT2D eigenvalue weighted by Crippen LogP contribution is 2.23. The number of amides is 2. The van der Waals surface area contributed by atoms with Crippen LogP contribution in [0.5, 0.6) is 0 Å². The molecule has 1 aromatic carbocycles. The Hall–Kier alpha value is -1.88. The molecule has 5 nitrogen and oxygen atoms in total. The van der Waals surface area contributed by atoms with Crippen molar-refractivity contribution in [2.24, 2.45) is 5.73 Å². The lowest BCUT2D eigenvalue weighted by molar-refractivity contribution is -0.157. The van der Waals surface area contributed by atoms with Crippen molar-refractivity contribution in [3.63, 3.8) is 0 Å². The van der Waals surface area contributed by atoms with Gasteiger partial charge in [-0.1, -0.05) is 29.8 Å². The molecule has 2 N–H and O–H groups in total. The highest BCUT2D eigenvalue weighted by molar-refractivity contribution is 6.35. The quantitative estimate of drug-likeness (QED) is 0.822. The van der Waals surface area contributed by atoms with Gasteiger partial charge in [0.2, 0.25) is 0 Å². The molecule has 1 aliphatic heterocycles. The van der Waals surface area contributed by atoms with E-state index in [1.54, 1.807) is 9.80 Å². The van der Waals surface area contributed by atoms with E-state index in [2.05, 4.69) is 0 Å². The summed E-state index contributed by atoms with van der Waals surface area (Å²) >= 11 is 0. The minimum Gasteiger partial charge on any atom is -0.333 e. The number of aryl methyl sites for hydroxylation is 1. The van der Waals surface area contributed by atoms with Crippen LogP contribution in [0.3, 0.4) is 0 Å². The van der Waals surface area contributed by atoms with Crippen molar-refractivity contribution < 1.29 is 9.59 Å². The average Bonchev–Trinajstić information content (AvgIpc) is 2.44. The number of hydrogen-bond donors (Lipinski definition) is 1. The molecule has 0 aromatic heterocycles. The number of hydrogen-bond acceptors (Lipinski definition) is 3. The second-order valence-corrected chi connectivity index (χ2v) is 5.05. The third kappa shape index (κ3) is 2.67. The molecular weight excluding hydrogens is 254 g/mol. The van der Waals surface area contributed by atoms with Crippen molar-refractivity contribution in [2.75, 3.05) is 26.2 Å². The zero-order valence-electron chi connectivity index (χ0n) is 12.0. The van der Waals surface area contributed by atoms with Crippen molar-refractivity contribution in [3.05, 3.63) is 35.4 Å². The van der Waals surface area contributed by atoms with E-state index < -0.39 is 11.8 Å². The van der Waals surface area contributed by atoms with Gasteiger partial charge < -0.3 is 15.5 Å². The average molecular weight is 275 g/mol. The van der Waals surface area contributed by atoms with Gasteiger partial charge in [-0.15, -0.1) is 0 Å². The number of nitrogens with zero attached hydrogens (tertiary/aromatic N) is 2. The number of piperazine rings is 1. The first-order valence-corrected chi connectivity index (χ1v) is 6.95. The highest BCUT2D eigenvalue weighted by atomic mass is 16.2. The zero-order valence-corrected chi connectivity index (χ0v) is 12.0. The van der Waals surface area contributed by atoms with E-state index in [-0.39, 0.29) is 6.04 Å². The van der Waals surface area contributed by atoms with Gasteiger partial charge in [-0.2, -0.15) is 0 Å². The lowest BCUT2D eigenvalue weighted by Gasteiger charge is -2.38. The first-order chi connectivity index (χ1) is 9.58. The van der Waals surface area contributed by atoms with Gasteiger partial charge in [-0.3, -0.25) is 9.59 Å². The van der Waals surface area contributed by atoms with E-state index in [1.165, 1.54) is 0 Å². The second-order valence-electron chi connectivity index (χ2n) is 5.05. The Morgan fingerprint density at radius 2 is 2.00 bits per heavy atom. The van der Waals surface area contributed by atoms with Gasteiger partial charge in [-0.25, -0.2) is 0 Å². The van der Waals surface area contributed by atoms with Crippen LogP contribution >= 0.6 is 0 Å². The normalized spacial score (nSPS) is 17.6. The molecule has 2 amide bonds. The number of carbonyl (C=O) groups excluding carboxylic acids is 2. The fourth-order valence-corrected chi connectivity index (χ4v) is 2.61. The largest absolute Gasteiger partial charge is 0.333 e. The molecule has 0 spiro atoms. The van der Waals surface area contributed by atoms with E-state index >= 15 is 0 Å². The summed E-state index contributed by atoms with van der Waals surface area (Å²) in [7, 11) is 0. The number of nitrogens with two attached hydrogens (primary N) is 1. The molecule has 1 saturated heterocycles. The van der Waals surface area contributed by atoms with Crippen LogP contribution in [-0.2, 0) is 9.59 Å². The van der Waals surface area contributed by atoms with E-state index in [4.69, 9.17) is 5.73 Å². The summed E-state index contributed by atoms with van der Waals surface area (Å²) in [6.45, 7) is 5.86. The SMILES string of the molecule is CCN1CCN(C(CN)c2cccc(C)c2)C(=O)C1=O. The maximum absolute atomic E-state index is 12.2. The molecule has 0 bridgehead atoms. The van der Waals surface area contributed by atoms with E-state index in [0.29, 0.717) is 26.2 Å². The molecule has 1 heterocycles. The van der Waals surface area contributed by atoms with Crippen molar-refractivity contribution in [3.8, 4) is 0 Å². The predicted octanol–water partition coefficient (Wildman–Crippen LogP) is 0.686. The number of benzene rings is 1. The van der Waals surface area contributed by atoms with Crippen LogP contribution in [0.4, 0.5) is 0 Å². The van der Waals surface area contributed by atoms with Gasteiger partial charge >= 0.3 is 11.8 Å². The third-order valence-corrected chi connectivity index (χ3v) is 3.75. The fraction of sp³-hybridized carbons (Fsp3) is 0.467. The van der Waals surface area contributed by atoms with Gasteiger partial charge in [0, 0.05) is 26.2 Å². The summed E-state index contributed by atoms with van der Waals surface area (Å²) in [5.41, 5.74) is 7.94. The van der Waals surface area contributed by atoms with Crippen molar-refractivity contribution in [1.82, 2.24) is 9.80 Å². The maximum atomic E-state index is 12.2. The fourth-order valence-electron chi connectivity index (χ4n) is 2.61. The highest BCUT2D eigenvalue weighted by Gasteiger charge is 2.35. The zero-order chi connectivity index (χ0) is 14.7. The van der Waals surface area contributed by atoms with Gasteiger partial charge in [0.25, 0.3) is 0 Å². The number of carbonyl (C=O) groups is 2. The van der Waals surface area contributed by atoms with Crippen LogP contribution in [0.25, 0.3) is 0 Å². The predicted molar refractivity (Wildman–Crippen MR) is 76.9 cm³/mol. The Bertz CT molecular complexity index is 516. The topological polar surface area (TPSA) is 66.6 Å². The lowest BCUT2D eigenvalue weighted by atomic mass is 10.0. The van der Waals surface area contributed by atoms with Gasteiger partial charge in [0.15, 0.2) is 0 Å². The minimum absolute atomic E-state index is 0.231. The molecule has 1 aromatic rings. The van der Waals surface area contributed by atoms with Crippen molar-refractivity contribution >= 4 is 11.8 Å². The van der Waals surface area contributed by atoms with Crippen LogP contribution in [0.15, 0.2) is 24.3 Å². The Morgan fingerprint density at radius 1 is 1.25 bits per heavy atom. The summed E-state index contributed by atoms with van der Waals surface area (Å²) in [5.74, 6) is -0.875. The van der Waals surface area contributed by atoms with Crippen LogP contribution < -0.4 is 5.73 Å². The molecule has 1 fully saturated rings. The molecule has 1 unspecified atom stereocenters. The van der Waals surface area contributed by atoms with E-state index in [0.717, 1.165) is 11.1 Å². The molecule has 0 radical (unpaired) electrons. The third-order valence-electron chi connectivity index (χ3n) is 3.75. The Kier molecular flexibility index (Phi) is 4.39. The van der Waals surface area contributed by atoms with Crippen LogP contribution in [0.2, 0.25) is 0 Å². The molecule has 2 rings (SSSR count). The molecule has 20 heavy (non-hydrogen) atoms. The monoisotopic (exact) mass is 275 g/mol. The summed E-state index contributed by atoms with van der Waals surface area (Å²) in [4.78, 5) is 27.4. The molecule has 1 aliphatic rings. The molecule has 5 heteroatoms. The maximum Gasteiger partial charge on any atom is 0.312 e. The number of rotatable bonds is 4. The Balaban J connectivity index is 2.24. The summed E-state index contributed by atoms with van der Waals surface area (Å²) in [5, 5.41) is 0. The Labute approximate surface area is 119 Å². The van der Waals surface area contributed by atoms with E-state index in [1.807, 2.05) is 38.1 Å². The van der Waals surface area contributed by atoms with Crippen LogP contribution in [0, 0.1) is 6.92 Å². The first-order valence-electron chi connectivity index (χ1n) is 6.95. The summed E-state index contributed by atoms with van der Waals surface area (Å²) < 4.78 is 0. The van der Waals surface area contributed by atoms with E-state index in [9.17, 15) is 9.59 Å². The van der Waals surface area contributed by atoms with Gasteiger partial charge in [0.1, 0.15) is 0 Å². The first kappa shape index (κ1) is 14.5. The smallest absolute Gasteiger partial charge is 0.312 e. The molecular formula is C15H21N3O2. The van der Waals surface area contributed by atoms with Crippen molar-refractivity contribution in [1.29, 1.82) is 0 Å². The van der Waals surface area contributed by atoms with Crippen LogP contribution in [0.1, 0.15) is 24.1 Å². The molecule has 1 atom stereocenters. The second kappa shape index (κ2) is 6.05. The molecule has 0 aliphatic carbocycles. The van der Waals surface area contributed by atoms with Gasteiger partial charge in [-0.05, 0) is 19.4 Å². The minimum atomic E-state index is -0.449. The molecule has 0 saturated carbocycles. The lowest BCUT2D eigenvalue weighted by Crippen LogP contribution is -2.56. The Morgan fingerprint density at radius 3 is 2.60 bits per heavy atom. The van der Waals surface area contributed by atoms with Crippen LogP contribution in [-0.4, -0.2) is 47.8 Å². The van der Waals surface area contributed by atoms with Gasteiger partial charge in [0.05, 0.1) is 6.04 Å². The summed E-state index contributed by atoms with van der Waals surface area (Å²) in [6, 6.07) is 7.68. The number of likely N-dealkylation sites (N-methyl/N-ethyl adjacent to an activating group) is 1.